The van der Waals surface area contributed by atoms with Crippen molar-refractivity contribution in [3.8, 4) is 6.07 Å². The number of rotatable bonds is 3. The van der Waals surface area contributed by atoms with Gasteiger partial charge in [-0.2, -0.15) is 5.26 Å². The zero-order valence-corrected chi connectivity index (χ0v) is 9.33. The van der Waals surface area contributed by atoms with Crippen molar-refractivity contribution >= 4 is 12.2 Å². The summed E-state index contributed by atoms with van der Waals surface area (Å²) in [6.07, 6.45) is 2.56. The monoisotopic (exact) mass is 231 g/mol. The molecule has 1 aromatic heterocycles. The Hall–Kier alpha value is -2.16. The Bertz CT molecular complexity index is 416. The molecule has 0 unspecified atom stereocenters. The summed E-state index contributed by atoms with van der Waals surface area (Å²) in [6, 6.07) is 5.67. The van der Waals surface area contributed by atoms with Gasteiger partial charge < -0.3 is 10.2 Å². The van der Waals surface area contributed by atoms with E-state index in [0.29, 0.717) is 5.69 Å². The highest BCUT2D eigenvalue weighted by atomic mass is 16.1. The Morgan fingerprint density at radius 2 is 2.18 bits per heavy atom. The maximum atomic E-state index is 10.3. The number of anilines is 1. The Kier molecular flexibility index (Phi) is 3.50. The van der Waals surface area contributed by atoms with Crippen LogP contribution in [0.2, 0.25) is 0 Å². The first-order valence-corrected chi connectivity index (χ1v) is 5.52. The molecule has 1 amide bonds. The fraction of sp³-hybridized carbons (Fsp3) is 0.455. The summed E-state index contributed by atoms with van der Waals surface area (Å²) >= 11 is 0. The first-order valence-electron chi connectivity index (χ1n) is 5.52. The number of hydrogen-bond donors (Lipinski definition) is 1. The summed E-state index contributed by atoms with van der Waals surface area (Å²) in [5.41, 5.74) is 0.325. The van der Waals surface area contributed by atoms with Gasteiger partial charge in [0.15, 0.2) is 11.5 Å². The van der Waals surface area contributed by atoms with Crippen LogP contribution in [-0.2, 0) is 4.79 Å². The van der Waals surface area contributed by atoms with Crippen molar-refractivity contribution in [2.24, 2.45) is 0 Å². The molecule has 88 valence electrons. The molecule has 0 aromatic carbocycles. The molecule has 0 spiro atoms. The molecule has 6 heteroatoms. The molecule has 1 aromatic rings. The van der Waals surface area contributed by atoms with Crippen LogP contribution in [0.1, 0.15) is 18.5 Å². The van der Waals surface area contributed by atoms with Crippen molar-refractivity contribution in [2.75, 3.05) is 18.0 Å². The molecule has 0 bridgehead atoms. The van der Waals surface area contributed by atoms with E-state index in [2.05, 4.69) is 20.4 Å². The number of carbonyl (C=O) groups is 1. The summed E-state index contributed by atoms with van der Waals surface area (Å²) in [5.74, 6) is 0.786. The van der Waals surface area contributed by atoms with Gasteiger partial charge in [-0.3, -0.25) is 4.79 Å². The molecular formula is C11H13N5O. The quantitative estimate of drug-likeness (QED) is 0.744. The second-order valence-corrected chi connectivity index (χ2v) is 3.93. The minimum absolute atomic E-state index is 0.259. The van der Waals surface area contributed by atoms with Gasteiger partial charge in [0.2, 0.25) is 6.41 Å². The second-order valence-electron chi connectivity index (χ2n) is 3.93. The van der Waals surface area contributed by atoms with Crippen LogP contribution in [0.5, 0.6) is 0 Å². The number of piperidine rings is 1. The molecule has 17 heavy (non-hydrogen) atoms. The van der Waals surface area contributed by atoms with E-state index < -0.39 is 0 Å². The molecular weight excluding hydrogens is 218 g/mol. The largest absolute Gasteiger partial charge is 0.356 e. The third kappa shape index (κ3) is 2.69. The van der Waals surface area contributed by atoms with Crippen molar-refractivity contribution in [1.82, 2.24) is 15.5 Å². The van der Waals surface area contributed by atoms with Crippen molar-refractivity contribution in [3.63, 3.8) is 0 Å². The van der Waals surface area contributed by atoms with Crippen LogP contribution in [-0.4, -0.2) is 35.7 Å². The van der Waals surface area contributed by atoms with Crippen LogP contribution in [0.25, 0.3) is 0 Å². The van der Waals surface area contributed by atoms with Gasteiger partial charge in [0.25, 0.3) is 0 Å². The zero-order chi connectivity index (χ0) is 12.1. The molecule has 1 aliphatic heterocycles. The van der Waals surface area contributed by atoms with Crippen LogP contribution >= 0.6 is 0 Å². The molecule has 1 saturated heterocycles. The van der Waals surface area contributed by atoms with Crippen LogP contribution in [0.15, 0.2) is 12.1 Å². The SMILES string of the molecule is N#Cc1ccc(N2CCC(NC=O)CC2)nn1. The smallest absolute Gasteiger partial charge is 0.207 e. The van der Waals surface area contributed by atoms with Crippen LogP contribution in [0, 0.1) is 11.3 Å². The van der Waals surface area contributed by atoms with E-state index in [9.17, 15) is 4.79 Å². The van der Waals surface area contributed by atoms with Gasteiger partial charge in [0, 0.05) is 19.1 Å². The van der Waals surface area contributed by atoms with Gasteiger partial charge in [-0.05, 0) is 25.0 Å². The number of hydrogen-bond acceptors (Lipinski definition) is 5. The summed E-state index contributed by atoms with van der Waals surface area (Å²) < 4.78 is 0. The predicted octanol–water partition coefficient (Wildman–Crippen LogP) is 0.0631. The fourth-order valence-electron chi connectivity index (χ4n) is 1.92. The molecule has 1 aliphatic rings. The lowest BCUT2D eigenvalue weighted by atomic mass is 10.1. The standard InChI is InChI=1S/C11H13N5O/c12-7-10-1-2-11(15-14-10)16-5-3-9(4-6-16)13-8-17/h1-2,8-9H,3-6H2,(H,13,17). The van der Waals surface area contributed by atoms with Crippen molar-refractivity contribution < 1.29 is 4.79 Å². The first-order chi connectivity index (χ1) is 8.33. The number of amides is 1. The first kappa shape index (κ1) is 11.3. The molecule has 0 saturated carbocycles. The average Bonchev–Trinajstić information content (AvgIpc) is 2.40. The number of carbonyl (C=O) groups excluding carboxylic acids is 1. The Balaban J connectivity index is 1.96. The highest BCUT2D eigenvalue weighted by Crippen LogP contribution is 2.16. The van der Waals surface area contributed by atoms with Crippen LogP contribution in [0.3, 0.4) is 0 Å². The second kappa shape index (κ2) is 5.25. The Labute approximate surface area is 99.3 Å². The Morgan fingerprint density at radius 1 is 1.41 bits per heavy atom. The molecule has 1 fully saturated rings. The fourth-order valence-corrected chi connectivity index (χ4v) is 1.92. The van der Waals surface area contributed by atoms with E-state index in [1.807, 2.05) is 6.07 Å². The van der Waals surface area contributed by atoms with Crippen LogP contribution in [0.4, 0.5) is 5.82 Å². The maximum Gasteiger partial charge on any atom is 0.207 e. The minimum atomic E-state index is 0.259. The topological polar surface area (TPSA) is 81.9 Å². The van der Waals surface area contributed by atoms with Gasteiger partial charge in [-0.15, -0.1) is 10.2 Å². The van der Waals surface area contributed by atoms with E-state index in [-0.39, 0.29) is 6.04 Å². The Morgan fingerprint density at radius 3 is 2.71 bits per heavy atom. The zero-order valence-electron chi connectivity index (χ0n) is 9.33. The summed E-state index contributed by atoms with van der Waals surface area (Å²) in [4.78, 5) is 12.4. The van der Waals surface area contributed by atoms with E-state index >= 15 is 0 Å². The predicted molar refractivity (Wildman–Crippen MR) is 61.2 cm³/mol. The minimum Gasteiger partial charge on any atom is -0.356 e. The highest BCUT2D eigenvalue weighted by molar-refractivity contribution is 5.47. The van der Waals surface area contributed by atoms with Gasteiger partial charge >= 0.3 is 0 Å². The lowest BCUT2D eigenvalue weighted by molar-refractivity contribution is -0.110. The summed E-state index contributed by atoms with van der Waals surface area (Å²) in [7, 11) is 0. The van der Waals surface area contributed by atoms with E-state index in [1.165, 1.54) is 0 Å². The lowest BCUT2D eigenvalue weighted by Crippen LogP contribution is -2.42. The number of nitriles is 1. The van der Waals surface area contributed by atoms with Crippen LogP contribution < -0.4 is 10.2 Å². The number of nitrogens with zero attached hydrogens (tertiary/aromatic N) is 4. The molecule has 0 aliphatic carbocycles. The van der Waals surface area contributed by atoms with E-state index in [0.717, 1.165) is 38.2 Å². The van der Waals surface area contributed by atoms with E-state index in [4.69, 9.17) is 5.26 Å². The normalized spacial score (nSPS) is 16.3. The third-order valence-corrected chi connectivity index (χ3v) is 2.89. The number of aromatic nitrogens is 2. The number of nitrogens with one attached hydrogen (secondary N) is 1. The van der Waals surface area contributed by atoms with Gasteiger partial charge in [0.05, 0.1) is 0 Å². The summed E-state index contributed by atoms with van der Waals surface area (Å²) in [6.45, 7) is 1.68. The van der Waals surface area contributed by atoms with Gasteiger partial charge in [0.1, 0.15) is 6.07 Å². The average molecular weight is 231 g/mol. The van der Waals surface area contributed by atoms with Crippen molar-refractivity contribution in [3.05, 3.63) is 17.8 Å². The molecule has 2 heterocycles. The van der Waals surface area contributed by atoms with E-state index in [1.54, 1.807) is 12.1 Å². The maximum absolute atomic E-state index is 10.3. The molecule has 1 N–H and O–H groups in total. The van der Waals surface area contributed by atoms with Crippen molar-refractivity contribution in [2.45, 2.75) is 18.9 Å². The summed E-state index contributed by atoms with van der Waals surface area (Å²) in [5, 5.41) is 19.2. The molecule has 2 rings (SSSR count). The molecule has 0 atom stereocenters. The lowest BCUT2D eigenvalue weighted by Gasteiger charge is -2.32. The molecule has 6 nitrogen and oxygen atoms in total. The van der Waals surface area contributed by atoms with Gasteiger partial charge in [-0.25, -0.2) is 0 Å². The third-order valence-electron chi connectivity index (χ3n) is 2.89. The van der Waals surface area contributed by atoms with Crippen molar-refractivity contribution in [1.29, 1.82) is 5.26 Å². The molecule has 0 radical (unpaired) electrons. The highest BCUT2D eigenvalue weighted by Gasteiger charge is 2.19. The van der Waals surface area contributed by atoms with Gasteiger partial charge in [-0.1, -0.05) is 0 Å².